The van der Waals surface area contributed by atoms with Crippen LogP contribution in [0.3, 0.4) is 0 Å². The Morgan fingerprint density at radius 1 is 1.36 bits per heavy atom. The van der Waals surface area contributed by atoms with Crippen molar-refractivity contribution >= 4 is 23.0 Å². The van der Waals surface area contributed by atoms with Gasteiger partial charge in [-0.1, -0.05) is 26.0 Å². The predicted molar refractivity (Wildman–Crippen MR) is 96.0 cm³/mol. The van der Waals surface area contributed by atoms with Gasteiger partial charge in [-0.2, -0.15) is 0 Å². The molecule has 0 radical (unpaired) electrons. The zero-order valence-electron chi connectivity index (χ0n) is 14.2. The molecule has 130 valence electrons. The number of aliphatic hydroxyl groups excluding tert-OH is 1. The first-order valence-electron chi connectivity index (χ1n) is 8.18. The van der Waals surface area contributed by atoms with Crippen LogP contribution >= 0.6 is 11.3 Å². The summed E-state index contributed by atoms with van der Waals surface area (Å²) < 4.78 is 0. The molecule has 2 aromatic heterocycles. The molecular weight excluding hydrogens is 336 g/mol. The molecule has 0 aromatic carbocycles. The Labute approximate surface area is 150 Å². The maximum atomic E-state index is 12.7. The first-order chi connectivity index (χ1) is 12.0. The fourth-order valence-electron chi connectivity index (χ4n) is 3.04. The summed E-state index contributed by atoms with van der Waals surface area (Å²) >= 11 is 1.54. The molecule has 1 atom stereocenters. The van der Waals surface area contributed by atoms with Gasteiger partial charge in [0.2, 0.25) is 0 Å². The van der Waals surface area contributed by atoms with E-state index in [0.29, 0.717) is 6.54 Å². The molecule has 1 aliphatic rings. The Kier molecular flexibility index (Phi) is 4.99. The van der Waals surface area contributed by atoms with E-state index in [9.17, 15) is 14.7 Å². The number of ketones is 1. The highest BCUT2D eigenvalue weighted by atomic mass is 32.1. The first-order valence-corrected chi connectivity index (χ1v) is 9.06. The number of carbonyl (C=O) groups excluding carboxylic acids is 2. The van der Waals surface area contributed by atoms with Gasteiger partial charge in [0.15, 0.2) is 11.5 Å². The number of thiophene rings is 1. The van der Waals surface area contributed by atoms with Crippen molar-refractivity contribution in [3.8, 4) is 0 Å². The second-order valence-electron chi connectivity index (χ2n) is 6.48. The molecule has 5 nitrogen and oxygen atoms in total. The molecule has 0 aliphatic carbocycles. The van der Waals surface area contributed by atoms with E-state index in [1.165, 1.54) is 11.3 Å². The number of nitrogens with zero attached hydrogens (tertiary/aromatic N) is 2. The third kappa shape index (κ3) is 3.49. The summed E-state index contributed by atoms with van der Waals surface area (Å²) in [5.41, 5.74) is 0.909. The van der Waals surface area contributed by atoms with Gasteiger partial charge in [0.1, 0.15) is 0 Å². The largest absolute Gasteiger partial charge is 0.503 e. The number of hydrogen-bond donors (Lipinski definition) is 1. The number of aliphatic hydroxyl groups is 1. The lowest BCUT2D eigenvalue weighted by Crippen LogP contribution is -2.30. The molecule has 0 saturated heterocycles. The highest BCUT2D eigenvalue weighted by Crippen LogP contribution is 2.39. The van der Waals surface area contributed by atoms with Gasteiger partial charge in [-0.25, -0.2) is 0 Å². The predicted octanol–water partition coefficient (Wildman–Crippen LogP) is 3.65. The van der Waals surface area contributed by atoms with E-state index < -0.39 is 17.7 Å². The molecule has 0 saturated carbocycles. The number of amides is 1. The minimum Gasteiger partial charge on any atom is -0.503 e. The summed E-state index contributed by atoms with van der Waals surface area (Å²) in [6.07, 6.45) is 3.57. The SMILES string of the molecule is CC(C)CC(=O)C1=C(O)C(=O)N(Cc2cccs2)C1c1cccnc1. The third-order valence-electron chi connectivity index (χ3n) is 4.10. The smallest absolute Gasteiger partial charge is 0.290 e. The van der Waals surface area contributed by atoms with Gasteiger partial charge in [-0.3, -0.25) is 14.6 Å². The summed E-state index contributed by atoms with van der Waals surface area (Å²) in [5, 5.41) is 12.4. The third-order valence-corrected chi connectivity index (χ3v) is 4.97. The van der Waals surface area contributed by atoms with Crippen molar-refractivity contribution in [2.45, 2.75) is 32.9 Å². The van der Waals surface area contributed by atoms with Crippen LogP contribution in [0.1, 0.15) is 36.8 Å². The zero-order chi connectivity index (χ0) is 18.0. The van der Waals surface area contributed by atoms with Crippen LogP contribution in [-0.2, 0) is 16.1 Å². The van der Waals surface area contributed by atoms with Crippen molar-refractivity contribution in [2.24, 2.45) is 5.92 Å². The Bertz CT molecular complexity index is 797. The first kappa shape index (κ1) is 17.4. The lowest BCUT2D eigenvalue weighted by Gasteiger charge is -2.26. The van der Waals surface area contributed by atoms with Crippen LogP contribution in [0.2, 0.25) is 0 Å². The van der Waals surface area contributed by atoms with E-state index in [0.717, 1.165) is 10.4 Å². The maximum Gasteiger partial charge on any atom is 0.290 e. The average Bonchev–Trinajstić information content (AvgIpc) is 3.17. The van der Waals surface area contributed by atoms with Gasteiger partial charge in [0.05, 0.1) is 18.2 Å². The van der Waals surface area contributed by atoms with E-state index in [1.54, 1.807) is 23.4 Å². The number of rotatable bonds is 6. The molecular formula is C19H20N2O3S. The van der Waals surface area contributed by atoms with E-state index in [-0.39, 0.29) is 23.7 Å². The molecule has 25 heavy (non-hydrogen) atoms. The quantitative estimate of drug-likeness (QED) is 0.857. The van der Waals surface area contributed by atoms with Crippen LogP contribution < -0.4 is 0 Å². The minimum atomic E-state index is -0.602. The monoisotopic (exact) mass is 356 g/mol. The van der Waals surface area contributed by atoms with Crippen LogP contribution in [-0.4, -0.2) is 26.7 Å². The van der Waals surface area contributed by atoms with Gasteiger partial charge < -0.3 is 10.0 Å². The summed E-state index contributed by atoms with van der Waals surface area (Å²) in [4.78, 5) is 32.1. The van der Waals surface area contributed by atoms with Crippen molar-refractivity contribution < 1.29 is 14.7 Å². The number of Topliss-reactive ketones (excluding diaryl/α,β-unsaturated/α-hetero) is 1. The van der Waals surface area contributed by atoms with Crippen LogP contribution in [0.4, 0.5) is 0 Å². The molecule has 1 N–H and O–H groups in total. The maximum absolute atomic E-state index is 12.7. The molecule has 6 heteroatoms. The van der Waals surface area contributed by atoms with Crippen LogP contribution in [0.5, 0.6) is 0 Å². The van der Waals surface area contributed by atoms with E-state index in [1.807, 2.05) is 37.4 Å². The second kappa shape index (κ2) is 7.19. The van der Waals surface area contributed by atoms with Gasteiger partial charge in [0, 0.05) is 23.7 Å². The Balaban J connectivity index is 2.02. The number of hydrogen-bond acceptors (Lipinski definition) is 5. The Morgan fingerprint density at radius 3 is 2.76 bits per heavy atom. The lowest BCUT2D eigenvalue weighted by atomic mass is 9.93. The number of pyridine rings is 1. The summed E-state index contributed by atoms with van der Waals surface area (Å²) in [6.45, 7) is 4.22. The van der Waals surface area contributed by atoms with Gasteiger partial charge in [-0.15, -0.1) is 11.3 Å². The summed E-state index contributed by atoms with van der Waals surface area (Å²) in [7, 11) is 0. The number of aromatic nitrogens is 1. The number of carbonyl (C=O) groups is 2. The molecule has 1 aliphatic heterocycles. The zero-order valence-corrected chi connectivity index (χ0v) is 15.0. The molecule has 1 unspecified atom stereocenters. The lowest BCUT2D eigenvalue weighted by molar-refractivity contribution is -0.130. The standard InChI is InChI=1S/C19H20N2O3S/c1-12(2)9-15(22)16-17(13-5-3-7-20-10-13)21(19(24)18(16)23)11-14-6-4-8-25-14/h3-8,10,12,17,23H,9,11H2,1-2H3. The highest BCUT2D eigenvalue weighted by Gasteiger charge is 2.43. The van der Waals surface area contributed by atoms with Crippen molar-refractivity contribution in [1.82, 2.24) is 9.88 Å². The molecule has 3 rings (SSSR count). The second-order valence-corrected chi connectivity index (χ2v) is 7.52. The minimum absolute atomic E-state index is 0.142. The molecule has 2 aromatic rings. The van der Waals surface area contributed by atoms with Gasteiger partial charge >= 0.3 is 0 Å². The topological polar surface area (TPSA) is 70.5 Å². The van der Waals surface area contributed by atoms with Crippen molar-refractivity contribution in [2.75, 3.05) is 0 Å². The van der Waals surface area contributed by atoms with Crippen LogP contribution in [0, 0.1) is 5.92 Å². The highest BCUT2D eigenvalue weighted by molar-refractivity contribution is 7.09. The molecule has 0 fully saturated rings. The normalized spacial score (nSPS) is 17.6. The average molecular weight is 356 g/mol. The molecule has 0 bridgehead atoms. The van der Waals surface area contributed by atoms with Crippen molar-refractivity contribution in [3.05, 3.63) is 63.8 Å². The summed E-state index contributed by atoms with van der Waals surface area (Å²) in [6, 6.07) is 6.84. The molecule has 3 heterocycles. The van der Waals surface area contributed by atoms with E-state index in [2.05, 4.69) is 4.98 Å². The summed E-state index contributed by atoms with van der Waals surface area (Å²) in [5.74, 6) is -0.988. The fourth-order valence-corrected chi connectivity index (χ4v) is 3.74. The van der Waals surface area contributed by atoms with E-state index >= 15 is 0 Å². The van der Waals surface area contributed by atoms with E-state index in [4.69, 9.17) is 0 Å². The van der Waals surface area contributed by atoms with Crippen LogP contribution in [0.25, 0.3) is 0 Å². The fraction of sp³-hybridized carbons (Fsp3) is 0.316. The van der Waals surface area contributed by atoms with Crippen LogP contribution in [0.15, 0.2) is 53.4 Å². The molecule has 1 amide bonds. The Hall–Kier alpha value is -2.47. The van der Waals surface area contributed by atoms with Crippen molar-refractivity contribution in [1.29, 1.82) is 0 Å². The van der Waals surface area contributed by atoms with Gasteiger partial charge in [0.25, 0.3) is 5.91 Å². The van der Waals surface area contributed by atoms with Crippen molar-refractivity contribution in [3.63, 3.8) is 0 Å². The Morgan fingerprint density at radius 2 is 2.16 bits per heavy atom. The van der Waals surface area contributed by atoms with Gasteiger partial charge in [-0.05, 0) is 29.0 Å². The molecule has 0 spiro atoms.